The minimum atomic E-state index is -0.608. The number of fused-ring (bicyclic) bond motifs is 2. The Morgan fingerprint density at radius 2 is 1.86 bits per heavy atom. The maximum absolute atomic E-state index is 13.7. The van der Waals surface area contributed by atoms with Crippen LogP contribution in [0.4, 0.5) is 4.39 Å². The highest BCUT2D eigenvalue weighted by Gasteiger charge is 2.42. The Bertz CT molecular complexity index is 1120. The van der Waals surface area contributed by atoms with Crippen molar-refractivity contribution in [3.05, 3.63) is 80.4 Å². The lowest BCUT2D eigenvalue weighted by molar-refractivity contribution is 0.0716. The first-order chi connectivity index (χ1) is 13.4. The Morgan fingerprint density at radius 1 is 1.14 bits per heavy atom. The summed E-state index contributed by atoms with van der Waals surface area (Å²) in [4.78, 5) is 29.9. The van der Waals surface area contributed by atoms with Crippen molar-refractivity contribution in [1.82, 2.24) is 9.80 Å². The number of hydrogen-bond donors (Lipinski definition) is 0. The molecule has 1 amide bonds. The van der Waals surface area contributed by atoms with Gasteiger partial charge in [0.2, 0.25) is 5.76 Å². The summed E-state index contributed by atoms with van der Waals surface area (Å²) in [6, 6.07) is 10.1. The Hall–Kier alpha value is -2.70. The number of nitrogens with zero attached hydrogens (tertiary/aromatic N) is 2. The zero-order valence-corrected chi connectivity index (χ0v) is 16.2. The van der Waals surface area contributed by atoms with Crippen LogP contribution in [0.5, 0.6) is 0 Å². The standard InChI is InChI=1S/C21H18ClFN2O3/c1-24(2)9-10-25-18(12-3-5-13(22)6-4-12)17-19(26)15-11-14(23)7-8-16(15)28-20(17)21(25)27/h3-8,11,18H,9-10H2,1-2H3/t18-/m0/s1. The van der Waals surface area contributed by atoms with Crippen molar-refractivity contribution in [3.63, 3.8) is 0 Å². The fourth-order valence-electron chi connectivity index (χ4n) is 3.52. The van der Waals surface area contributed by atoms with Crippen LogP contribution in [-0.4, -0.2) is 42.9 Å². The fraction of sp³-hybridized carbons (Fsp3) is 0.238. The molecule has 2 aromatic carbocycles. The highest BCUT2D eigenvalue weighted by molar-refractivity contribution is 6.30. The van der Waals surface area contributed by atoms with Crippen molar-refractivity contribution < 1.29 is 13.6 Å². The first kappa shape index (κ1) is 18.7. The summed E-state index contributed by atoms with van der Waals surface area (Å²) < 4.78 is 19.5. The first-order valence-electron chi connectivity index (χ1n) is 8.84. The molecule has 0 saturated carbocycles. The van der Waals surface area contributed by atoms with Crippen molar-refractivity contribution in [3.8, 4) is 0 Å². The second kappa shape index (κ2) is 7.04. The van der Waals surface area contributed by atoms with Crippen LogP contribution in [0.3, 0.4) is 0 Å². The molecule has 144 valence electrons. The molecule has 7 heteroatoms. The normalized spacial score (nSPS) is 16.2. The lowest BCUT2D eigenvalue weighted by Gasteiger charge is -2.26. The zero-order valence-electron chi connectivity index (χ0n) is 15.4. The molecule has 2 heterocycles. The van der Waals surface area contributed by atoms with E-state index in [-0.39, 0.29) is 28.2 Å². The van der Waals surface area contributed by atoms with E-state index in [1.165, 1.54) is 12.1 Å². The van der Waals surface area contributed by atoms with Crippen LogP contribution >= 0.6 is 11.6 Å². The predicted octanol–water partition coefficient (Wildman–Crippen LogP) is 3.69. The second-order valence-corrected chi connectivity index (χ2v) is 7.51. The van der Waals surface area contributed by atoms with Gasteiger partial charge in [-0.15, -0.1) is 0 Å². The quantitative estimate of drug-likeness (QED) is 0.670. The van der Waals surface area contributed by atoms with Gasteiger partial charge in [0, 0.05) is 18.1 Å². The van der Waals surface area contributed by atoms with Crippen LogP contribution in [0.1, 0.15) is 27.7 Å². The van der Waals surface area contributed by atoms with Gasteiger partial charge in [-0.1, -0.05) is 23.7 Å². The molecule has 5 nitrogen and oxygen atoms in total. The van der Waals surface area contributed by atoms with E-state index in [0.717, 1.165) is 11.6 Å². The van der Waals surface area contributed by atoms with E-state index in [1.54, 1.807) is 29.2 Å². The van der Waals surface area contributed by atoms with Crippen molar-refractivity contribution in [2.45, 2.75) is 6.04 Å². The van der Waals surface area contributed by atoms with Gasteiger partial charge in [0.25, 0.3) is 5.91 Å². The Labute approximate surface area is 165 Å². The topological polar surface area (TPSA) is 53.8 Å². The lowest BCUT2D eigenvalue weighted by atomic mass is 9.98. The fourth-order valence-corrected chi connectivity index (χ4v) is 3.65. The van der Waals surface area contributed by atoms with E-state index < -0.39 is 17.3 Å². The molecule has 0 aliphatic carbocycles. The van der Waals surface area contributed by atoms with E-state index in [0.29, 0.717) is 18.1 Å². The summed E-state index contributed by atoms with van der Waals surface area (Å²) in [5.74, 6) is -0.862. The van der Waals surface area contributed by atoms with Crippen molar-refractivity contribution in [2.24, 2.45) is 0 Å². The van der Waals surface area contributed by atoms with Crippen molar-refractivity contribution >= 4 is 28.5 Å². The van der Waals surface area contributed by atoms with Crippen LogP contribution in [0, 0.1) is 5.82 Å². The Balaban J connectivity index is 1.94. The second-order valence-electron chi connectivity index (χ2n) is 7.07. The number of hydrogen-bond acceptors (Lipinski definition) is 4. The van der Waals surface area contributed by atoms with E-state index in [9.17, 15) is 14.0 Å². The van der Waals surface area contributed by atoms with Crippen LogP contribution in [-0.2, 0) is 0 Å². The molecule has 1 atom stereocenters. The molecule has 28 heavy (non-hydrogen) atoms. The molecule has 0 N–H and O–H groups in total. The minimum absolute atomic E-state index is 0.0165. The smallest absolute Gasteiger partial charge is 0.290 e. The average molecular weight is 401 g/mol. The number of halogens is 2. The average Bonchev–Trinajstić information content (AvgIpc) is 2.94. The zero-order chi connectivity index (χ0) is 20.0. The van der Waals surface area contributed by atoms with Gasteiger partial charge in [0.1, 0.15) is 11.4 Å². The molecule has 3 aromatic rings. The summed E-state index contributed by atoms with van der Waals surface area (Å²) in [6.45, 7) is 1.03. The number of benzene rings is 2. The number of rotatable bonds is 4. The lowest BCUT2D eigenvalue weighted by Crippen LogP contribution is -2.35. The van der Waals surface area contributed by atoms with Gasteiger partial charge < -0.3 is 14.2 Å². The SMILES string of the molecule is CN(C)CCN1C(=O)c2oc3ccc(F)cc3c(=O)c2[C@@H]1c1ccc(Cl)cc1. The van der Waals surface area contributed by atoms with E-state index in [4.69, 9.17) is 16.0 Å². The molecule has 1 aliphatic rings. The van der Waals surface area contributed by atoms with Gasteiger partial charge >= 0.3 is 0 Å². The van der Waals surface area contributed by atoms with Crippen molar-refractivity contribution in [2.75, 3.05) is 27.2 Å². The third-order valence-electron chi connectivity index (χ3n) is 4.90. The summed E-state index contributed by atoms with van der Waals surface area (Å²) >= 11 is 6.00. The monoisotopic (exact) mass is 400 g/mol. The van der Waals surface area contributed by atoms with Crippen LogP contribution in [0.25, 0.3) is 11.0 Å². The van der Waals surface area contributed by atoms with Crippen LogP contribution < -0.4 is 5.43 Å². The molecule has 0 saturated heterocycles. The van der Waals surface area contributed by atoms with Gasteiger partial charge in [-0.25, -0.2) is 4.39 Å². The number of likely N-dealkylation sites (N-methyl/N-ethyl adjacent to an activating group) is 1. The Morgan fingerprint density at radius 3 is 2.54 bits per heavy atom. The number of carbonyl (C=O) groups excluding carboxylic acids is 1. The summed E-state index contributed by atoms with van der Waals surface area (Å²) in [5, 5.41) is 0.681. The van der Waals surface area contributed by atoms with E-state index in [2.05, 4.69) is 0 Å². The van der Waals surface area contributed by atoms with Gasteiger partial charge in [-0.3, -0.25) is 9.59 Å². The van der Waals surface area contributed by atoms with Gasteiger partial charge in [0.15, 0.2) is 5.43 Å². The predicted molar refractivity (Wildman–Crippen MR) is 105 cm³/mol. The Kier molecular flexibility index (Phi) is 4.69. The van der Waals surface area contributed by atoms with E-state index in [1.807, 2.05) is 19.0 Å². The highest BCUT2D eigenvalue weighted by atomic mass is 35.5. The first-order valence-corrected chi connectivity index (χ1v) is 9.22. The van der Waals surface area contributed by atoms with Gasteiger partial charge in [0.05, 0.1) is 17.0 Å². The third-order valence-corrected chi connectivity index (χ3v) is 5.15. The van der Waals surface area contributed by atoms with E-state index >= 15 is 0 Å². The molecule has 0 bridgehead atoms. The summed E-state index contributed by atoms with van der Waals surface area (Å²) in [7, 11) is 3.82. The molecule has 1 aromatic heterocycles. The molecule has 0 spiro atoms. The molecular weight excluding hydrogens is 383 g/mol. The van der Waals surface area contributed by atoms with Crippen LogP contribution in [0.15, 0.2) is 51.7 Å². The largest absolute Gasteiger partial charge is 0.450 e. The molecular formula is C21H18ClFN2O3. The maximum Gasteiger partial charge on any atom is 0.290 e. The number of carbonyl (C=O) groups is 1. The molecule has 0 unspecified atom stereocenters. The highest BCUT2D eigenvalue weighted by Crippen LogP contribution is 2.38. The van der Waals surface area contributed by atoms with Crippen LogP contribution in [0.2, 0.25) is 5.02 Å². The molecule has 0 radical (unpaired) electrons. The summed E-state index contributed by atoms with van der Waals surface area (Å²) in [6.07, 6.45) is 0. The molecule has 0 fully saturated rings. The third kappa shape index (κ3) is 3.08. The minimum Gasteiger partial charge on any atom is -0.450 e. The molecule has 4 rings (SSSR count). The number of amides is 1. The maximum atomic E-state index is 13.7. The van der Waals surface area contributed by atoms with Gasteiger partial charge in [-0.05, 0) is 50.0 Å². The summed E-state index contributed by atoms with van der Waals surface area (Å²) in [5.41, 5.74) is 0.793. The van der Waals surface area contributed by atoms with Crippen molar-refractivity contribution in [1.29, 1.82) is 0 Å². The molecule has 1 aliphatic heterocycles. The van der Waals surface area contributed by atoms with Gasteiger partial charge in [-0.2, -0.15) is 0 Å².